The van der Waals surface area contributed by atoms with Crippen molar-refractivity contribution in [3.8, 4) is 11.3 Å². The summed E-state index contributed by atoms with van der Waals surface area (Å²) in [7, 11) is 0. The van der Waals surface area contributed by atoms with E-state index >= 15 is 0 Å². The maximum absolute atomic E-state index is 6.34. The number of benzene rings is 1. The van der Waals surface area contributed by atoms with Crippen molar-refractivity contribution in [3.05, 3.63) is 42.4 Å². The summed E-state index contributed by atoms with van der Waals surface area (Å²) in [4.78, 5) is 9.18. The van der Waals surface area contributed by atoms with Gasteiger partial charge in [-0.3, -0.25) is 4.98 Å². The van der Waals surface area contributed by atoms with Crippen molar-refractivity contribution in [1.29, 1.82) is 0 Å². The van der Waals surface area contributed by atoms with Gasteiger partial charge in [-0.2, -0.15) is 0 Å². The van der Waals surface area contributed by atoms with Gasteiger partial charge in [0.2, 0.25) is 0 Å². The lowest BCUT2D eigenvalue weighted by Crippen LogP contribution is -2.05. The molecule has 3 rings (SSSR count). The molecule has 0 unspecified atom stereocenters. The van der Waals surface area contributed by atoms with E-state index in [1.165, 1.54) is 0 Å². The predicted octanol–water partition coefficient (Wildman–Crippen LogP) is 3.79. The highest BCUT2D eigenvalue weighted by Gasteiger charge is 2.15. The van der Waals surface area contributed by atoms with Gasteiger partial charge in [-0.25, -0.2) is 4.98 Å². The van der Waals surface area contributed by atoms with Gasteiger partial charge in [0.1, 0.15) is 17.3 Å². The first-order valence-electron chi connectivity index (χ1n) is 7.39. The van der Waals surface area contributed by atoms with E-state index in [0.29, 0.717) is 0 Å². The van der Waals surface area contributed by atoms with Crippen LogP contribution in [0.15, 0.2) is 36.5 Å². The van der Waals surface area contributed by atoms with Crippen molar-refractivity contribution < 1.29 is 0 Å². The number of hydrogen-bond donors (Lipinski definition) is 1. The monoisotopic (exact) mass is 280 g/mol. The predicted molar refractivity (Wildman–Crippen MR) is 87.0 cm³/mol. The molecule has 4 heteroatoms. The molecule has 2 aromatic heterocycles. The highest BCUT2D eigenvalue weighted by Crippen LogP contribution is 2.31. The van der Waals surface area contributed by atoms with Gasteiger partial charge < -0.3 is 10.3 Å². The van der Waals surface area contributed by atoms with Gasteiger partial charge in [0.25, 0.3) is 0 Å². The zero-order valence-corrected chi connectivity index (χ0v) is 12.5. The van der Waals surface area contributed by atoms with Crippen LogP contribution in [-0.2, 0) is 6.54 Å². The van der Waals surface area contributed by atoms with Crippen molar-refractivity contribution in [2.24, 2.45) is 0 Å². The van der Waals surface area contributed by atoms with Gasteiger partial charge in [-0.15, -0.1) is 0 Å². The highest BCUT2D eigenvalue weighted by molar-refractivity contribution is 5.94. The number of fused-ring (bicyclic) bond motifs is 1. The van der Waals surface area contributed by atoms with E-state index in [1.54, 1.807) is 0 Å². The highest BCUT2D eigenvalue weighted by atomic mass is 15.1. The van der Waals surface area contributed by atoms with E-state index in [4.69, 9.17) is 5.73 Å². The molecule has 2 heterocycles. The van der Waals surface area contributed by atoms with Crippen LogP contribution >= 0.6 is 0 Å². The first kappa shape index (κ1) is 13.6. The lowest BCUT2D eigenvalue weighted by molar-refractivity contribution is 0.622. The van der Waals surface area contributed by atoms with Gasteiger partial charge in [0.15, 0.2) is 0 Å². The maximum atomic E-state index is 6.34. The van der Waals surface area contributed by atoms with Crippen molar-refractivity contribution in [2.75, 3.05) is 5.73 Å². The molecule has 0 spiro atoms. The van der Waals surface area contributed by atoms with Crippen LogP contribution in [0.4, 0.5) is 5.82 Å². The smallest absolute Gasteiger partial charge is 0.131 e. The fourth-order valence-corrected chi connectivity index (χ4v) is 2.67. The van der Waals surface area contributed by atoms with E-state index in [-0.39, 0.29) is 0 Å². The summed E-state index contributed by atoms with van der Waals surface area (Å²) in [5, 5.41) is 1.11. The first-order valence-corrected chi connectivity index (χ1v) is 7.39. The minimum absolute atomic E-state index is 0.735. The molecule has 0 radical (unpaired) electrons. The normalized spacial score (nSPS) is 11.1. The first-order chi connectivity index (χ1) is 10.2. The number of hydrogen-bond acceptors (Lipinski definition) is 3. The van der Waals surface area contributed by atoms with Crippen LogP contribution in [0.25, 0.3) is 22.2 Å². The zero-order valence-electron chi connectivity index (χ0n) is 12.5. The molecule has 0 aliphatic heterocycles. The largest absolute Gasteiger partial charge is 0.383 e. The number of imidazole rings is 1. The molecule has 0 saturated carbocycles. The Kier molecular flexibility index (Phi) is 3.60. The van der Waals surface area contributed by atoms with Crippen molar-refractivity contribution in [3.63, 3.8) is 0 Å². The molecular formula is C17H20N4. The summed E-state index contributed by atoms with van der Waals surface area (Å²) in [6, 6.07) is 10.1. The van der Waals surface area contributed by atoms with E-state index in [1.807, 2.05) is 31.3 Å². The third-order valence-electron chi connectivity index (χ3n) is 3.82. The second-order valence-corrected chi connectivity index (χ2v) is 5.28. The number of nitrogens with zero attached hydrogens (tertiary/aromatic N) is 3. The molecule has 3 aromatic rings. The Morgan fingerprint density at radius 1 is 1.19 bits per heavy atom. The molecule has 2 N–H and O–H groups in total. The molecule has 108 valence electrons. The van der Waals surface area contributed by atoms with Gasteiger partial charge in [-0.1, -0.05) is 37.6 Å². The number of aryl methyl sites for hydroxylation is 1. The summed E-state index contributed by atoms with van der Waals surface area (Å²) < 4.78 is 2.10. The fraction of sp³-hybridized carbons (Fsp3) is 0.294. The summed E-state index contributed by atoms with van der Waals surface area (Å²) in [6.45, 7) is 5.10. The Labute approximate surface area is 124 Å². The van der Waals surface area contributed by atoms with Gasteiger partial charge in [-0.05, 0) is 19.4 Å². The van der Waals surface area contributed by atoms with Gasteiger partial charge in [0.05, 0.1) is 5.52 Å². The fourth-order valence-electron chi connectivity index (χ4n) is 2.67. The standard InChI is InChI=1S/C17H20N4/c1-3-4-11-21-12(2)20-16(17(21)18)14-9-5-7-13-8-6-10-19-15(13)14/h5-10H,3-4,11,18H2,1-2H3. The number of anilines is 1. The van der Waals surface area contributed by atoms with Crippen LogP contribution < -0.4 is 5.73 Å². The van der Waals surface area contributed by atoms with E-state index < -0.39 is 0 Å². The summed E-state index contributed by atoms with van der Waals surface area (Å²) >= 11 is 0. The molecule has 0 aliphatic rings. The number of nitrogens with two attached hydrogens (primary N) is 1. The second kappa shape index (κ2) is 5.56. The lowest BCUT2D eigenvalue weighted by Gasteiger charge is -2.07. The van der Waals surface area contributed by atoms with Crippen LogP contribution in [0.1, 0.15) is 25.6 Å². The number of rotatable bonds is 4. The molecular weight excluding hydrogens is 260 g/mol. The maximum Gasteiger partial charge on any atom is 0.131 e. The topological polar surface area (TPSA) is 56.7 Å². The van der Waals surface area contributed by atoms with Crippen LogP contribution in [0.3, 0.4) is 0 Å². The van der Waals surface area contributed by atoms with Crippen LogP contribution in [0.5, 0.6) is 0 Å². The zero-order chi connectivity index (χ0) is 14.8. The third-order valence-corrected chi connectivity index (χ3v) is 3.82. The van der Waals surface area contributed by atoms with Crippen LogP contribution in [0.2, 0.25) is 0 Å². The molecule has 0 aliphatic carbocycles. The number of pyridine rings is 1. The van der Waals surface area contributed by atoms with Crippen LogP contribution in [0, 0.1) is 6.92 Å². The Bertz CT molecular complexity index is 768. The summed E-state index contributed by atoms with van der Waals surface area (Å²) in [5.74, 6) is 1.70. The minimum atomic E-state index is 0.735. The average Bonchev–Trinajstić information content (AvgIpc) is 2.79. The minimum Gasteiger partial charge on any atom is -0.383 e. The second-order valence-electron chi connectivity index (χ2n) is 5.28. The quantitative estimate of drug-likeness (QED) is 0.791. The van der Waals surface area contributed by atoms with Gasteiger partial charge >= 0.3 is 0 Å². The van der Waals surface area contributed by atoms with Crippen molar-refractivity contribution in [2.45, 2.75) is 33.2 Å². The molecule has 0 bridgehead atoms. The van der Waals surface area contributed by atoms with E-state index in [9.17, 15) is 0 Å². The Balaban J connectivity index is 2.15. The molecule has 21 heavy (non-hydrogen) atoms. The Morgan fingerprint density at radius 3 is 2.81 bits per heavy atom. The third kappa shape index (κ3) is 2.37. The Morgan fingerprint density at radius 2 is 2.00 bits per heavy atom. The number of para-hydroxylation sites is 1. The molecule has 0 fully saturated rings. The van der Waals surface area contributed by atoms with E-state index in [2.05, 4.69) is 33.6 Å². The molecule has 0 atom stereocenters. The number of nitrogen functional groups attached to an aromatic ring is 1. The lowest BCUT2D eigenvalue weighted by atomic mass is 10.1. The summed E-state index contributed by atoms with van der Waals surface area (Å²) in [6.07, 6.45) is 4.06. The van der Waals surface area contributed by atoms with Crippen molar-refractivity contribution in [1.82, 2.24) is 14.5 Å². The molecule has 4 nitrogen and oxygen atoms in total. The van der Waals surface area contributed by atoms with Crippen molar-refractivity contribution >= 4 is 16.7 Å². The molecule has 1 aromatic carbocycles. The average molecular weight is 280 g/mol. The molecule has 0 saturated heterocycles. The number of aromatic nitrogens is 3. The Hall–Kier alpha value is -2.36. The number of unbranched alkanes of at least 4 members (excludes halogenated alkanes) is 1. The van der Waals surface area contributed by atoms with Crippen LogP contribution in [-0.4, -0.2) is 14.5 Å². The van der Waals surface area contributed by atoms with Gasteiger partial charge in [0, 0.05) is 23.7 Å². The SMILES string of the molecule is CCCCn1c(C)nc(-c2cccc3cccnc23)c1N. The molecule has 0 amide bonds. The summed E-state index contributed by atoms with van der Waals surface area (Å²) in [5.41, 5.74) is 9.14. The van der Waals surface area contributed by atoms with E-state index in [0.717, 1.165) is 53.2 Å².